The first-order valence-corrected chi connectivity index (χ1v) is 4.34. The molecule has 1 aliphatic carbocycles. The summed E-state index contributed by atoms with van der Waals surface area (Å²) in [5.74, 6) is 0. The van der Waals surface area contributed by atoms with E-state index in [4.69, 9.17) is 0 Å². The third-order valence-electron chi connectivity index (χ3n) is 2.70. The number of rotatable bonds is 1. The van der Waals surface area contributed by atoms with Gasteiger partial charge in [-0.05, 0) is 5.56 Å². The highest BCUT2D eigenvalue weighted by molar-refractivity contribution is 5.47. The molecule has 0 heterocycles. The number of ether oxygens (including phenoxy) is 1. The highest BCUT2D eigenvalue weighted by atomic mass is 19.4. The smallest absolute Gasteiger partial charge is 0.374 e. The van der Waals surface area contributed by atoms with Crippen LogP contribution in [-0.4, -0.2) is 18.4 Å². The van der Waals surface area contributed by atoms with Crippen molar-refractivity contribution in [3.8, 4) is 0 Å². The SMILES string of the molecule is COC1c2ccccc2C1(O)C(F)(F)F. The molecule has 0 amide bonds. The second kappa shape index (κ2) is 2.96. The van der Waals surface area contributed by atoms with Gasteiger partial charge in [0.25, 0.3) is 0 Å². The Balaban J connectivity index is 2.54. The van der Waals surface area contributed by atoms with E-state index in [9.17, 15) is 18.3 Å². The van der Waals surface area contributed by atoms with Gasteiger partial charge in [0, 0.05) is 12.7 Å². The summed E-state index contributed by atoms with van der Waals surface area (Å²) < 4.78 is 42.7. The molecule has 0 saturated heterocycles. The number of aliphatic hydroxyl groups is 1. The summed E-state index contributed by atoms with van der Waals surface area (Å²) in [6.45, 7) is 0. The van der Waals surface area contributed by atoms with Gasteiger partial charge in [-0.3, -0.25) is 0 Å². The molecule has 0 aromatic heterocycles. The first-order valence-electron chi connectivity index (χ1n) is 4.34. The van der Waals surface area contributed by atoms with Crippen LogP contribution in [0, 0.1) is 0 Å². The van der Waals surface area contributed by atoms with Gasteiger partial charge in [-0.1, -0.05) is 24.3 Å². The Morgan fingerprint density at radius 3 is 2.47 bits per heavy atom. The van der Waals surface area contributed by atoms with Crippen molar-refractivity contribution >= 4 is 0 Å². The number of halogens is 3. The summed E-state index contributed by atoms with van der Waals surface area (Å²) in [5.41, 5.74) is -2.60. The number of benzene rings is 1. The molecule has 1 N–H and O–H groups in total. The Labute approximate surface area is 84.3 Å². The first-order chi connectivity index (χ1) is 6.93. The summed E-state index contributed by atoms with van der Waals surface area (Å²) in [7, 11) is 1.15. The van der Waals surface area contributed by atoms with Gasteiger partial charge < -0.3 is 9.84 Å². The summed E-state index contributed by atoms with van der Waals surface area (Å²) in [4.78, 5) is 0. The summed E-state index contributed by atoms with van der Waals surface area (Å²) in [5, 5.41) is 9.61. The van der Waals surface area contributed by atoms with Crippen LogP contribution in [0.5, 0.6) is 0 Å². The van der Waals surface area contributed by atoms with Crippen molar-refractivity contribution in [2.24, 2.45) is 0 Å². The fraction of sp³-hybridized carbons (Fsp3) is 0.400. The Kier molecular flexibility index (Phi) is 2.06. The van der Waals surface area contributed by atoms with Crippen LogP contribution >= 0.6 is 0 Å². The van der Waals surface area contributed by atoms with E-state index in [1.165, 1.54) is 18.2 Å². The average Bonchev–Trinajstić information content (AvgIpc) is 2.16. The van der Waals surface area contributed by atoms with Crippen LogP contribution in [0.4, 0.5) is 13.2 Å². The summed E-state index contributed by atoms with van der Waals surface area (Å²) in [6, 6.07) is 5.85. The second-order valence-corrected chi connectivity index (χ2v) is 3.47. The quantitative estimate of drug-likeness (QED) is 0.782. The van der Waals surface area contributed by atoms with Gasteiger partial charge in [-0.25, -0.2) is 0 Å². The van der Waals surface area contributed by atoms with Crippen LogP contribution in [0.3, 0.4) is 0 Å². The first kappa shape index (κ1) is 10.4. The Morgan fingerprint density at radius 2 is 1.93 bits per heavy atom. The monoisotopic (exact) mass is 218 g/mol. The number of hydrogen-bond acceptors (Lipinski definition) is 2. The third kappa shape index (κ3) is 1.13. The van der Waals surface area contributed by atoms with Gasteiger partial charge >= 0.3 is 6.18 Å². The molecule has 0 radical (unpaired) electrons. The van der Waals surface area contributed by atoms with Crippen molar-refractivity contribution in [2.45, 2.75) is 17.9 Å². The van der Waals surface area contributed by atoms with Crippen LogP contribution in [0.15, 0.2) is 24.3 Å². The van der Waals surface area contributed by atoms with Crippen molar-refractivity contribution in [1.82, 2.24) is 0 Å². The molecule has 15 heavy (non-hydrogen) atoms. The summed E-state index contributed by atoms with van der Waals surface area (Å²) in [6.07, 6.45) is -6.05. The fourth-order valence-corrected chi connectivity index (χ4v) is 1.96. The van der Waals surface area contributed by atoms with E-state index in [0.717, 1.165) is 7.11 Å². The van der Waals surface area contributed by atoms with Crippen LogP contribution in [0.1, 0.15) is 17.2 Å². The van der Waals surface area contributed by atoms with Crippen molar-refractivity contribution in [3.05, 3.63) is 35.4 Å². The van der Waals surface area contributed by atoms with Gasteiger partial charge in [0.05, 0.1) is 0 Å². The number of hydrogen-bond donors (Lipinski definition) is 1. The molecular weight excluding hydrogens is 209 g/mol. The lowest BCUT2D eigenvalue weighted by Gasteiger charge is -2.46. The minimum Gasteiger partial charge on any atom is -0.374 e. The van der Waals surface area contributed by atoms with E-state index in [1.807, 2.05) is 0 Å². The van der Waals surface area contributed by atoms with Gasteiger partial charge in [0.1, 0.15) is 6.10 Å². The molecule has 0 fully saturated rings. The molecule has 82 valence electrons. The van der Waals surface area contributed by atoms with Gasteiger partial charge in [0.2, 0.25) is 5.60 Å². The Bertz CT molecular complexity index is 388. The van der Waals surface area contributed by atoms with Crippen LogP contribution in [-0.2, 0) is 10.3 Å². The minimum atomic E-state index is -4.72. The van der Waals surface area contributed by atoms with Crippen LogP contribution in [0.2, 0.25) is 0 Å². The molecule has 1 aromatic carbocycles. The molecule has 2 atom stereocenters. The molecule has 2 rings (SSSR count). The molecule has 1 aliphatic rings. The highest BCUT2D eigenvalue weighted by Crippen LogP contribution is 2.58. The fourth-order valence-electron chi connectivity index (χ4n) is 1.96. The zero-order valence-electron chi connectivity index (χ0n) is 7.88. The third-order valence-corrected chi connectivity index (χ3v) is 2.70. The van der Waals surface area contributed by atoms with E-state index < -0.39 is 17.9 Å². The van der Waals surface area contributed by atoms with Crippen molar-refractivity contribution in [1.29, 1.82) is 0 Å². The lowest BCUT2D eigenvalue weighted by molar-refractivity contribution is -0.317. The Morgan fingerprint density at radius 1 is 1.33 bits per heavy atom. The molecule has 0 spiro atoms. The van der Waals surface area contributed by atoms with Gasteiger partial charge in [-0.2, -0.15) is 13.2 Å². The molecule has 5 heteroatoms. The topological polar surface area (TPSA) is 29.5 Å². The van der Waals surface area contributed by atoms with Gasteiger partial charge in [-0.15, -0.1) is 0 Å². The summed E-state index contributed by atoms with van der Waals surface area (Å²) >= 11 is 0. The number of fused-ring (bicyclic) bond motifs is 1. The molecular formula is C10H9F3O2. The Hall–Kier alpha value is -1.07. The van der Waals surface area contributed by atoms with E-state index >= 15 is 0 Å². The maximum absolute atomic E-state index is 12.7. The number of methoxy groups -OCH3 is 1. The minimum absolute atomic E-state index is 0.121. The lowest BCUT2D eigenvalue weighted by atomic mass is 9.70. The van der Waals surface area contributed by atoms with Crippen molar-refractivity contribution in [3.63, 3.8) is 0 Å². The lowest BCUT2D eigenvalue weighted by Crippen LogP contribution is -2.55. The zero-order chi connectivity index (χ0) is 11.3. The molecule has 2 nitrogen and oxygen atoms in total. The van der Waals surface area contributed by atoms with Crippen LogP contribution < -0.4 is 0 Å². The molecule has 0 saturated carbocycles. The normalized spacial score (nSPS) is 29.5. The van der Waals surface area contributed by atoms with Crippen LogP contribution in [0.25, 0.3) is 0 Å². The molecule has 2 unspecified atom stereocenters. The standard InChI is InChI=1S/C10H9F3O2/c1-15-8-6-4-2-3-5-7(6)9(8,14)10(11,12)13/h2-5,8,14H,1H3. The van der Waals surface area contributed by atoms with E-state index in [-0.39, 0.29) is 5.56 Å². The maximum atomic E-state index is 12.7. The van der Waals surface area contributed by atoms with E-state index in [2.05, 4.69) is 4.74 Å². The average molecular weight is 218 g/mol. The number of alkyl halides is 3. The molecule has 0 bridgehead atoms. The molecule has 0 aliphatic heterocycles. The van der Waals surface area contributed by atoms with Crippen molar-refractivity contribution in [2.75, 3.05) is 7.11 Å². The molecule has 1 aromatic rings. The zero-order valence-corrected chi connectivity index (χ0v) is 7.88. The highest BCUT2D eigenvalue weighted by Gasteiger charge is 2.67. The predicted molar refractivity (Wildman–Crippen MR) is 46.1 cm³/mol. The van der Waals surface area contributed by atoms with Crippen molar-refractivity contribution < 1.29 is 23.0 Å². The van der Waals surface area contributed by atoms with E-state index in [1.54, 1.807) is 6.07 Å². The second-order valence-electron chi connectivity index (χ2n) is 3.47. The van der Waals surface area contributed by atoms with Gasteiger partial charge in [0.15, 0.2) is 0 Å². The predicted octanol–water partition coefficient (Wildman–Crippen LogP) is 2.14. The van der Waals surface area contributed by atoms with E-state index in [0.29, 0.717) is 5.56 Å². The largest absolute Gasteiger partial charge is 0.424 e. The maximum Gasteiger partial charge on any atom is 0.424 e.